The molecule has 1 N–H and O–H groups in total. The molecule has 0 radical (unpaired) electrons. The van der Waals surface area contributed by atoms with Crippen molar-refractivity contribution in [2.45, 2.75) is 46.1 Å². The summed E-state index contributed by atoms with van der Waals surface area (Å²) in [5.41, 5.74) is 0.494. The van der Waals surface area contributed by atoms with Crippen LogP contribution >= 0.6 is 0 Å². The molecule has 0 saturated heterocycles. The van der Waals surface area contributed by atoms with Crippen molar-refractivity contribution in [1.82, 2.24) is 0 Å². The van der Waals surface area contributed by atoms with E-state index in [1.54, 1.807) is 39.0 Å². The molecule has 5 nitrogen and oxygen atoms in total. The molecule has 0 aliphatic rings. The summed E-state index contributed by atoms with van der Waals surface area (Å²) in [6, 6.07) is 5.09. The predicted octanol–water partition coefficient (Wildman–Crippen LogP) is 3.06. The predicted molar refractivity (Wildman–Crippen MR) is 78.7 cm³/mol. The van der Waals surface area contributed by atoms with Gasteiger partial charge in [-0.1, -0.05) is 6.07 Å². The zero-order chi connectivity index (χ0) is 16.0. The van der Waals surface area contributed by atoms with E-state index >= 15 is 0 Å². The Morgan fingerprint density at radius 2 is 1.90 bits per heavy atom. The van der Waals surface area contributed by atoms with Crippen molar-refractivity contribution in [1.29, 1.82) is 0 Å². The average Bonchev–Trinajstić information content (AvgIpc) is 2.35. The summed E-state index contributed by atoms with van der Waals surface area (Å²) in [5, 5.41) is 8.73. The molecular formula is C16H22O5. The first-order valence-electron chi connectivity index (χ1n) is 6.94. The Labute approximate surface area is 124 Å². The lowest BCUT2D eigenvalue weighted by atomic mass is 10.0. The number of hydrogen-bond donors (Lipinski definition) is 1. The minimum Gasteiger partial charge on any atom is -0.493 e. The molecule has 21 heavy (non-hydrogen) atoms. The Morgan fingerprint density at radius 3 is 2.43 bits per heavy atom. The van der Waals surface area contributed by atoms with Crippen molar-refractivity contribution in [3.8, 4) is 5.75 Å². The number of carbonyl (C=O) groups excluding carboxylic acids is 1. The molecule has 0 aliphatic heterocycles. The summed E-state index contributed by atoms with van der Waals surface area (Å²) in [7, 11) is 0. The van der Waals surface area contributed by atoms with Gasteiger partial charge in [-0.15, -0.1) is 0 Å². The quantitative estimate of drug-likeness (QED) is 0.816. The highest BCUT2D eigenvalue weighted by Crippen LogP contribution is 2.24. The topological polar surface area (TPSA) is 72.8 Å². The van der Waals surface area contributed by atoms with Crippen LogP contribution in [0.25, 0.3) is 0 Å². The number of ether oxygens (including phenoxy) is 2. The van der Waals surface area contributed by atoms with Gasteiger partial charge in [-0.25, -0.2) is 4.79 Å². The third kappa shape index (κ3) is 5.85. The number of carboxylic acids is 1. The minimum atomic E-state index is -0.872. The van der Waals surface area contributed by atoms with Crippen molar-refractivity contribution >= 4 is 11.9 Å². The minimum absolute atomic E-state index is 0.0156. The zero-order valence-electron chi connectivity index (χ0n) is 12.9. The van der Waals surface area contributed by atoms with E-state index in [4.69, 9.17) is 14.6 Å². The van der Waals surface area contributed by atoms with E-state index in [2.05, 4.69) is 0 Å². The van der Waals surface area contributed by atoms with Gasteiger partial charge in [-0.2, -0.15) is 0 Å². The van der Waals surface area contributed by atoms with Crippen molar-refractivity contribution in [2.75, 3.05) is 6.61 Å². The van der Waals surface area contributed by atoms with Gasteiger partial charge in [0.15, 0.2) is 0 Å². The van der Waals surface area contributed by atoms with Crippen molar-refractivity contribution < 1.29 is 24.2 Å². The number of hydrogen-bond acceptors (Lipinski definition) is 4. The normalized spacial score (nSPS) is 11.0. The van der Waals surface area contributed by atoms with E-state index < -0.39 is 17.5 Å². The van der Waals surface area contributed by atoms with Crippen molar-refractivity contribution in [3.05, 3.63) is 29.3 Å². The molecule has 0 aromatic heterocycles. The van der Waals surface area contributed by atoms with Crippen LogP contribution in [0.3, 0.4) is 0 Å². The lowest BCUT2D eigenvalue weighted by molar-refractivity contribution is -0.136. The van der Waals surface area contributed by atoms with Crippen LogP contribution < -0.4 is 4.74 Å². The first kappa shape index (κ1) is 17.0. The van der Waals surface area contributed by atoms with Crippen LogP contribution in [0.2, 0.25) is 0 Å². The molecule has 0 bridgehead atoms. The SMILES string of the molecule is CCOc1ccc(CCC(=O)O)cc1C(=O)OC(C)(C)C. The number of aliphatic carboxylic acids is 1. The maximum atomic E-state index is 12.2. The van der Waals surface area contributed by atoms with E-state index in [9.17, 15) is 9.59 Å². The number of benzene rings is 1. The molecule has 5 heteroatoms. The smallest absolute Gasteiger partial charge is 0.342 e. The Kier molecular flexibility index (Phi) is 5.76. The molecule has 0 saturated carbocycles. The lowest BCUT2D eigenvalue weighted by Gasteiger charge is -2.20. The van der Waals surface area contributed by atoms with Gasteiger partial charge in [-0.05, 0) is 51.8 Å². The molecule has 1 aromatic rings. The highest BCUT2D eigenvalue weighted by molar-refractivity contribution is 5.93. The third-order valence-corrected chi connectivity index (χ3v) is 2.59. The van der Waals surface area contributed by atoms with Crippen LogP contribution in [0.4, 0.5) is 0 Å². The van der Waals surface area contributed by atoms with Gasteiger partial charge in [0, 0.05) is 6.42 Å². The number of rotatable bonds is 6. The summed E-state index contributed by atoms with van der Waals surface area (Å²) >= 11 is 0. The Balaban J connectivity index is 3.03. The van der Waals surface area contributed by atoms with E-state index in [1.165, 1.54) is 0 Å². The number of carbonyl (C=O) groups is 2. The third-order valence-electron chi connectivity index (χ3n) is 2.59. The summed E-state index contributed by atoms with van der Waals surface area (Å²) in [6.45, 7) is 7.64. The number of aryl methyl sites for hydroxylation is 1. The second-order valence-corrected chi connectivity index (χ2v) is 5.66. The summed E-state index contributed by atoms with van der Waals surface area (Å²) in [6.07, 6.45) is 0.374. The van der Waals surface area contributed by atoms with Gasteiger partial charge in [0.1, 0.15) is 16.9 Å². The second kappa shape index (κ2) is 7.11. The second-order valence-electron chi connectivity index (χ2n) is 5.66. The largest absolute Gasteiger partial charge is 0.493 e. The van der Waals surface area contributed by atoms with E-state index in [-0.39, 0.29) is 6.42 Å². The van der Waals surface area contributed by atoms with E-state index in [0.717, 1.165) is 5.56 Å². The van der Waals surface area contributed by atoms with Crippen molar-refractivity contribution in [2.24, 2.45) is 0 Å². The molecule has 116 valence electrons. The summed E-state index contributed by atoms with van der Waals surface area (Å²) in [5.74, 6) is -0.892. The molecule has 0 heterocycles. The van der Waals surface area contributed by atoms with Crippen molar-refractivity contribution in [3.63, 3.8) is 0 Å². The number of carboxylic acid groups (broad SMARTS) is 1. The Bertz CT molecular complexity index is 514. The summed E-state index contributed by atoms with van der Waals surface area (Å²) < 4.78 is 10.8. The van der Waals surface area contributed by atoms with Crippen LogP contribution in [0.15, 0.2) is 18.2 Å². The molecule has 0 unspecified atom stereocenters. The van der Waals surface area contributed by atoms with Gasteiger partial charge in [0.25, 0.3) is 0 Å². The first-order valence-corrected chi connectivity index (χ1v) is 6.94. The highest BCUT2D eigenvalue weighted by Gasteiger charge is 2.21. The molecule has 0 spiro atoms. The molecule has 0 fully saturated rings. The molecule has 0 amide bonds. The van der Waals surface area contributed by atoms with Crippen LogP contribution in [-0.2, 0) is 16.0 Å². The molecule has 1 rings (SSSR count). The fourth-order valence-electron chi connectivity index (χ4n) is 1.76. The lowest BCUT2D eigenvalue weighted by Crippen LogP contribution is -2.24. The highest BCUT2D eigenvalue weighted by atomic mass is 16.6. The fraction of sp³-hybridized carbons (Fsp3) is 0.500. The van der Waals surface area contributed by atoms with Gasteiger partial charge < -0.3 is 14.6 Å². The molecular weight excluding hydrogens is 272 g/mol. The van der Waals surface area contributed by atoms with Crippen LogP contribution in [-0.4, -0.2) is 29.3 Å². The van der Waals surface area contributed by atoms with E-state index in [0.29, 0.717) is 24.3 Å². The zero-order valence-corrected chi connectivity index (χ0v) is 12.9. The molecule has 0 aliphatic carbocycles. The maximum Gasteiger partial charge on any atom is 0.342 e. The Hall–Kier alpha value is -2.04. The fourth-order valence-corrected chi connectivity index (χ4v) is 1.76. The van der Waals surface area contributed by atoms with Crippen LogP contribution in [0, 0.1) is 0 Å². The Morgan fingerprint density at radius 1 is 1.24 bits per heavy atom. The van der Waals surface area contributed by atoms with Gasteiger partial charge in [0.05, 0.1) is 6.61 Å². The molecule has 1 aromatic carbocycles. The van der Waals surface area contributed by atoms with Gasteiger partial charge >= 0.3 is 11.9 Å². The summed E-state index contributed by atoms with van der Waals surface area (Å²) in [4.78, 5) is 22.9. The van der Waals surface area contributed by atoms with Gasteiger partial charge in [0.2, 0.25) is 0 Å². The first-order chi connectivity index (χ1) is 9.73. The van der Waals surface area contributed by atoms with Crippen LogP contribution in [0.5, 0.6) is 5.75 Å². The monoisotopic (exact) mass is 294 g/mol. The van der Waals surface area contributed by atoms with E-state index in [1.807, 2.05) is 6.92 Å². The standard InChI is InChI=1S/C16H22O5/c1-5-20-13-8-6-11(7-9-14(17)18)10-12(13)15(19)21-16(2,3)4/h6,8,10H,5,7,9H2,1-4H3,(H,17,18). The number of esters is 1. The molecule has 0 atom stereocenters. The van der Waals surface area contributed by atoms with Gasteiger partial charge in [-0.3, -0.25) is 4.79 Å². The van der Waals surface area contributed by atoms with Crippen LogP contribution in [0.1, 0.15) is 50.0 Å². The maximum absolute atomic E-state index is 12.2. The average molecular weight is 294 g/mol.